The molecular weight excluding hydrogens is 399 g/mol. The summed E-state index contributed by atoms with van der Waals surface area (Å²) in [6.07, 6.45) is 0. The first-order valence-corrected chi connectivity index (χ1v) is 14.1. The number of hydrogen-bond acceptors (Lipinski definition) is 3. The Hall–Kier alpha value is -2.34. The molecule has 156 valence electrons. The molecule has 31 heavy (non-hydrogen) atoms. The van der Waals surface area contributed by atoms with Crippen LogP contribution in [0, 0.1) is 0 Å². The van der Waals surface area contributed by atoms with Crippen molar-refractivity contribution in [2.45, 2.75) is 52.0 Å². The molecular formula is C26H27BO3Si. The minimum atomic E-state index is -1.71. The van der Waals surface area contributed by atoms with Gasteiger partial charge in [0.25, 0.3) is 0 Å². The van der Waals surface area contributed by atoms with Crippen LogP contribution >= 0.6 is 0 Å². The Balaban J connectivity index is 1.55. The van der Waals surface area contributed by atoms with Crippen molar-refractivity contribution in [3.05, 3.63) is 54.6 Å². The van der Waals surface area contributed by atoms with E-state index in [4.69, 9.17) is 13.7 Å². The van der Waals surface area contributed by atoms with Crippen molar-refractivity contribution in [2.75, 3.05) is 0 Å². The van der Waals surface area contributed by atoms with Crippen LogP contribution in [-0.4, -0.2) is 26.4 Å². The SMILES string of the molecule is CC1(C)OB(c2ccc3oc4c5c(ccc4c3c2)[Si](C)(C)c2ccccc2-5)OC1(C)C. The predicted molar refractivity (Wildman–Crippen MR) is 132 cm³/mol. The number of rotatable bonds is 1. The molecule has 0 spiro atoms. The van der Waals surface area contributed by atoms with Gasteiger partial charge in [-0.1, -0.05) is 61.6 Å². The lowest BCUT2D eigenvalue weighted by Crippen LogP contribution is -2.49. The number of hydrogen-bond donors (Lipinski definition) is 0. The van der Waals surface area contributed by atoms with Gasteiger partial charge in [0.05, 0.1) is 11.2 Å². The van der Waals surface area contributed by atoms with E-state index in [0.717, 1.165) is 27.4 Å². The fraction of sp³-hybridized carbons (Fsp3) is 0.308. The second-order valence-corrected chi connectivity index (χ2v) is 14.8. The Kier molecular flexibility index (Phi) is 3.69. The largest absolute Gasteiger partial charge is 0.494 e. The van der Waals surface area contributed by atoms with E-state index in [0.29, 0.717) is 0 Å². The maximum atomic E-state index is 6.49. The molecule has 2 aliphatic rings. The second-order valence-electron chi connectivity index (χ2n) is 10.5. The average Bonchev–Trinajstić information content (AvgIpc) is 3.27. The maximum absolute atomic E-state index is 6.49. The first-order chi connectivity index (χ1) is 14.6. The summed E-state index contributed by atoms with van der Waals surface area (Å²) in [5.41, 5.74) is 4.86. The zero-order chi connectivity index (χ0) is 21.8. The molecule has 3 aromatic carbocycles. The van der Waals surface area contributed by atoms with Gasteiger partial charge in [0.2, 0.25) is 0 Å². The summed E-state index contributed by atoms with van der Waals surface area (Å²) in [4.78, 5) is 0. The predicted octanol–water partition coefficient (Wildman–Crippen LogP) is 4.69. The molecule has 0 unspecified atom stereocenters. The van der Waals surface area contributed by atoms with Crippen LogP contribution in [0.2, 0.25) is 13.1 Å². The Bertz CT molecular complexity index is 1370. The molecule has 0 aliphatic carbocycles. The third-order valence-electron chi connectivity index (χ3n) is 7.73. The highest BCUT2D eigenvalue weighted by Gasteiger charge is 2.51. The maximum Gasteiger partial charge on any atom is 0.494 e. The standard InChI is InChI=1S/C26H27BO3Si/c1-25(2)26(3,4)30-27(29-25)16-11-13-20-19(15-16)17-12-14-22-23(24(17)28-20)18-9-7-8-10-21(18)31(22,5)6/h7-15H,1-6H3. The van der Waals surface area contributed by atoms with Gasteiger partial charge in [-0.3, -0.25) is 0 Å². The first-order valence-electron chi connectivity index (χ1n) is 11.1. The molecule has 6 rings (SSSR count). The van der Waals surface area contributed by atoms with Crippen LogP contribution in [0.5, 0.6) is 0 Å². The van der Waals surface area contributed by atoms with Crippen LogP contribution in [0.1, 0.15) is 27.7 Å². The van der Waals surface area contributed by atoms with Gasteiger partial charge in [0, 0.05) is 16.3 Å². The van der Waals surface area contributed by atoms with E-state index in [1.807, 2.05) is 0 Å². The van der Waals surface area contributed by atoms with Crippen LogP contribution in [0.15, 0.2) is 59.0 Å². The van der Waals surface area contributed by atoms with Crippen molar-refractivity contribution in [2.24, 2.45) is 0 Å². The van der Waals surface area contributed by atoms with E-state index >= 15 is 0 Å². The summed E-state index contributed by atoms with van der Waals surface area (Å²) in [6.45, 7) is 13.2. The van der Waals surface area contributed by atoms with Gasteiger partial charge in [-0.25, -0.2) is 0 Å². The van der Waals surface area contributed by atoms with Crippen LogP contribution < -0.4 is 15.8 Å². The molecule has 1 fully saturated rings. The van der Waals surface area contributed by atoms with Crippen molar-refractivity contribution in [1.29, 1.82) is 0 Å². The quantitative estimate of drug-likeness (QED) is 0.414. The summed E-state index contributed by atoms with van der Waals surface area (Å²) >= 11 is 0. The van der Waals surface area contributed by atoms with E-state index in [2.05, 4.69) is 95.4 Å². The lowest BCUT2D eigenvalue weighted by Gasteiger charge is -2.32. The highest BCUT2D eigenvalue weighted by Crippen LogP contribution is 2.40. The molecule has 2 aliphatic heterocycles. The van der Waals surface area contributed by atoms with Gasteiger partial charge in [-0.15, -0.1) is 0 Å². The van der Waals surface area contributed by atoms with Gasteiger partial charge >= 0.3 is 7.12 Å². The Morgan fingerprint density at radius 3 is 2.23 bits per heavy atom. The molecule has 1 saturated heterocycles. The second kappa shape index (κ2) is 5.91. The first kappa shape index (κ1) is 19.4. The van der Waals surface area contributed by atoms with Crippen LogP contribution in [0.4, 0.5) is 0 Å². The van der Waals surface area contributed by atoms with Gasteiger partial charge in [-0.05, 0) is 55.2 Å². The van der Waals surface area contributed by atoms with E-state index in [9.17, 15) is 0 Å². The van der Waals surface area contributed by atoms with E-state index in [-0.39, 0.29) is 18.3 Å². The summed E-state index contributed by atoms with van der Waals surface area (Å²) < 4.78 is 19.1. The molecule has 0 radical (unpaired) electrons. The minimum absolute atomic E-state index is 0.355. The van der Waals surface area contributed by atoms with Crippen LogP contribution in [-0.2, 0) is 9.31 Å². The van der Waals surface area contributed by atoms with Crippen LogP contribution in [0.3, 0.4) is 0 Å². The zero-order valence-electron chi connectivity index (χ0n) is 19.0. The Morgan fingerprint density at radius 2 is 1.48 bits per heavy atom. The fourth-order valence-electron chi connectivity index (χ4n) is 5.16. The molecule has 0 saturated carbocycles. The van der Waals surface area contributed by atoms with Crippen molar-refractivity contribution in [1.82, 2.24) is 0 Å². The average molecular weight is 426 g/mol. The van der Waals surface area contributed by atoms with Crippen molar-refractivity contribution >= 4 is 53.0 Å². The molecule has 1 aromatic heterocycles. The van der Waals surface area contributed by atoms with Crippen molar-refractivity contribution in [3.63, 3.8) is 0 Å². The molecule has 0 bridgehead atoms. The topological polar surface area (TPSA) is 31.6 Å². The van der Waals surface area contributed by atoms with Gasteiger partial charge in [0.15, 0.2) is 0 Å². The Morgan fingerprint density at radius 1 is 0.774 bits per heavy atom. The molecule has 0 amide bonds. The van der Waals surface area contributed by atoms with Crippen molar-refractivity contribution in [3.8, 4) is 11.1 Å². The molecule has 0 atom stereocenters. The van der Waals surface area contributed by atoms with E-state index in [1.54, 1.807) is 0 Å². The van der Waals surface area contributed by atoms with Gasteiger partial charge < -0.3 is 13.7 Å². The summed E-state index contributed by atoms with van der Waals surface area (Å²) in [7, 11) is -2.09. The normalized spacial score (nSPS) is 20.4. The lowest BCUT2D eigenvalue weighted by atomic mass is 9.78. The summed E-state index contributed by atoms with van der Waals surface area (Å²) in [5.74, 6) is 0. The third kappa shape index (κ3) is 2.48. The van der Waals surface area contributed by atoms with E-state index < -0.39 is 8.07 Å². The lowest BCUT2D eigenvalue weighted by molar-refractivity contribution is 0.00578. The number of furan rings is 1. The van der Waals surface area contributed by atoms with E-state index in [1.165, 1.54) is 21.5 Å². The highest BCUT2D eigenvalue weighted by atomic mass is 28.3. The minimum Gasteiger partial charge on any atom is -0.455 e. The third-order valence-corrected chi connectivity index (χ3v) is 11.3. The number of fused-ring (bicyclic) bond motifs is 7. The smallest absolute Gasteiger partial charge is 0.455 e. The molecule has 0 N–H and O–H groups in total. The molecule has 5 heteroatoms. The zero-order valence-corrected chi connectivity index (χ0v) is 20.0. The van der Waals surface area contributed by atoms with Crippen LogP contribution in [0.25, 0.3) is 33.1 Å². The Labute approximate surface area is 184 Å². The van der Waals surface area contributed by atoms with Gasteiger partial charge in [0.1, 0.15) is 19.2 Å². The fourth-order valence-corrected chi connectivity index (χ4v) is 8.22. The van der Waals surface area contributed by atoms with Gasteiger partial charge in [-0.2, -0.15) is 0 Å². The monoisotopic (exact) mass is 426 g/mol. The van der Waals surface area contributed by atoms with Crippen molar-refractivity contribution < 1.29 is 13.7 Å². The molecule has 4 aromatic rings. The summed E-state index contributed by atoms with van der Waals surface area (Å²) in [6, 6.07) is 19.7. The molecule has 3 nitrogen and oxygen atoms in total. The summed E-state index contributed by atoms with van der Waals surface area (Å²) in [5, 5.41) is 5.24. The highest BCUT2D eigenvalue weighted by molar-refractivity contribution is 7.04. The number of benzene rings is 3. The molecule has 3 heterocycles.